The third-order valence-electron chi connectivity index (χ3n) is 4.62. The first-order valence-corrected chi connectivity index (χ1v) is 10.4. The van der Waals surface area contributed by atoms with Crippen LogP contribution in [0.3, 0.4) is 0 Å². The van der Waals surface area contributed by atoms with E-state index in [0.29, 0.717) is 11.6 Å². The Bertz CT molecular complexity index is 1160. The first kappa shape index (κ1) is 20.0. The maximum Gasteiger partial charge on any atom is 0.237 e. The number of carbonyl (C=O) groups is 1. The summed E-state index contributed by atoms with van der Waals surface area (Å²) in [6.07, 6.45) is 1.60. The molecule has 2 heterocycles. The van der Waals surface area contributed by atoms with Crippen LogP contribution in [-0.4, -0.2) is 35.2 Å². The van der Waals surface area contributed by atoms with Gasteiger partial charge < -0.3 is 14.6 Å². The highest BCUT2D eigenvalue weighted by atomic mass is 32.2. The third kappa shape index (κ3) is 4.31. The minimum atomic E-state index is -0.346. The number of fused-ring (bicyclic) bond motifs is 1. The van der Waals surface area contributed by atoms with Crippen molar-refractivity contribution in [1.29, 1.82) is 0 Å². The minimum absolute atomic E-state index is 0.0835. The Balaban J connectivity index is 1.56. The van der Waals surface area contributed by atoms with Crippen LogP contribution in [0.5, 0.6) is 0 Å². The zero-order valence-electron chi connectivity index (χ0n) is 17.0. The second kappa shape index (κ2) is 8.59. The van der Waals surface area contributed by atoms with Crippen LogP contribution >= 0.6 is 11.8 Å². The van der Waals surface area contributed by atoms with E-state index in [4.69, 9.17) is 4.42 Å². The van der Waals surface area contributed by atoms with Crippen LogP contribution < -0.4 is 10.2 Å². The van der Waals surface area contributed by atoms with Crippen LogP contribution in [0.1, 0.15) is 6.92 Å². The average molecular weight is 419 g/mol. The fraction of sp³-hybridized carbons (Fsp3) is 0.174. The van der Waals surface area contributed by atoms with Gasteiger partial charge in [-0.3, -0.25) is 4.79 Å². The highest BCUT2D eigenvalue weighted by Gasteiger charge is 2.19. The minimum Gasteiger partial charge on any atom is -0.461 e. The average Bonchev–Trinajstić information content (AvgIpc) is 3.29. The maximum absolute atomic E-state index is 12.8. The van der Waals surface area contributed by atoms with E-state index < -0.39 is 0 Å². The maximum atomic E-state index is 12.8. The molecule has 1 amide bonds. The molecule has 0 radical (unpaired) electrons. The number of hydrogen-bond donors (Lipinski definition) is 1. The number of benzene rings is 2. The van der Waals surface area contributed by atoms with Crippen molar-refractivity contribution in [2.45, 2.75) is 17.2 Å². The molecule has 1 atom stereocenters. The molecule has 0 aliphatic heterocycles. The Labute approximate surface area is 179 Å². The van der Waals surface area contributed by atoms with Crippen LogP contribution in [0.25, 0.3) is 22.5 Å². The molecule has 0 saturated heterocycles. The van der Waals surface area contributed by atoms with Crippen molar-refractivity contribution in [2.24, 2.45) is 0 Å². The van der Waals surface area contributed by atoms with Crippen molar-refractivity contribution in [2.75, 3.05) is 24.3 Å². The zero-order valence-corrected chi connectivity index (χ0v) is 17.8. The fourth-order valence-electron chi connectivity index (χ4n) is 2.96. The van der Waals surface area contributed by atoms with Gasteiger partial charge in [0.2, 0.25) is 5.91 Å². The molecule has 30 heavy (non-hydrogen) atoms. The first-order chi connectivity index (χ1) is 14.5. The zero-order chi connectivity index (χ0) is 21.1. The predicted octanol–water partition coefficient (Wildman–Crippen LogP) is 5.08. The van der Waals surface area contributed by atoms with Gasteiger partial charge in [0, 0.05) is 30.9 Å². The van der Waals surface area contributed by atoms with Gasteiger partial charge in [-0.15, -0.1) is 0 Å². The molecule has 0 aliphatic carbocycles. The molecule has 1 unspecified atom stereocenters. The normalized spacial score (nSPS) is 12.0. The number of furan rings is 1. The summed E-state index contributed by atoms with van der Waals surface area (Å²) in [5.41, 5.74) is 2.66. The lowest BCUT2D eigenvalue weighted by atomic mass is 10.2. The Morgan fingerprint density at radius 1 is 1.03 bits per heavy atom. The van der Waals surface area contributed by atoms with Crippen molar-refractivity contribution in [3.05, 3.63) is 66.9 Å². The van der Waals surface area contributed by atoms with Gasteiger partial charge in [0.25, 0.3) is 0 Å². The molecule has 1 N–H and O–H groups in total. The molecular weight excluding hydrogens is 396 g/mol. The molecule has 0 bridgehead atoms. The van der Waals surface area contributed by atoms with Crippen LogP contribution in [-0.2, 0) is 4.79 Å². The number of aromatic nitrogens is 2. The lowest BCUT2D eigenvalue weighted by Crippen LogP contribution is -2.22. The second-order valence-corrected chi connectivity index (χ2v) is 8.37. The van der Waals surface area contributed by atoms with E-state index in [-0.39, 0.29) is 11.2 Å². The number of nitrogens with one attached hydrogen (secondary N) is 1. The van der Waals surface area contributed by atoms with Crippen LogP contribution in [0.4, 0.5) is 11.4 Å². The van der Waals surface area contributed by atoms with E-state index >= 15 is 0 Å². The van der Waals surface area contributed by atoms with Gasteiger partial charge in [0.1, 0.15) is 5.03 Å². The molecule has 0 saturated carbocycles. The molecule has 0 spiro atoms. The fourth-order valence-corrected chi connectivity index (χ4v) is 3.90. The van der Waals surface area contributed by atoms with Gasteiger partial charge in [-0.2, -0.15) is 0 Å². The third-order valence-corrected chi connectivity index (χ3v) is 5.72. The topological polar surface area (TPSA) is 71.3 Å². The molecule has 4 aromatic rings. The molecule has 7 heteroatoms. The molecule has 2 aromatic carbocycles. The Morgan fingerprint density at radius 2 is 1.80 bits per heavy atom. The van der Waals surface area contributed by atoms with Gasteiger partial charge in [-0.25, -0.2) is 9.97 Å². The smallest absolute Gasteiger partial charge is 0.237 e. The van der Waals surface area contributed by atoms with Crippen molar-refractivity contribution >= 4 is 39.9 Å². The predicted molar refractivity (Wildman–Crippen MR) is 122 cm³/mol. The lowest BCUT2D eigenvalue weighted by molar-refractivity contribution is -0.115. The molecule has 0 aliphatic rings. The number of hydrogen-bond acceptors (Lipinski definition) is 6. The standard InChI is InChI=1S/C23H22N4O2S/c1-15(22(28)24-16-10-12-17(13-11-16)27(2)3)30-23-18-7-4-5-8-19(18)25-21(26-23)20-9-6-14-29-20/h4-15H,1-3H3,(H,24,28). The van der Waals surface area contributed by atoms with E-state index in [0.717, 1.165) is 27.3 Å². The van der Waals surface area contributed by atoms with Gasteiger partial charge in [0.05, 0.1) is 17.0 Å². The molecule has 4 rings (SSSR count). The number of rotatable bonds is 6. The largest absolute Gasteiger partial charge is 0.461 e. The lowest BCUT2D eigenvalue weighted by Gasteiger charge is -2.15. The summed E-state index contributed by atoms with van der Waals surface area (Å²) in [5, 5.41) is 4.29. The summed E-state index contributed by atoms with van der Waals surface area (Å²) < 4.78 is 5.46. The van der Waals surface area contributed by atoms with Crippen LogP contribution in [0.2, 0.25) is 0 Å². The number of anilines is 2. The quantitative estimate of drug-likeness (QED) is 0.348. The van der Waals surface area contributed by atoms with Crippen molar-refractivity contribution in [3.63, 3.8) is 0 Å². The highest BCUT2D eigenvalue weighted by Crippen LogP contribution is 2.31. The Kier molecular flexibility index (Phi) is 5.72. The van der Waals surface area contributed by atoms with E-state index in [1.165, 1.54) is 11.8 Å². The van der Waals surface area contributed by atoms with Crippen molar-refractivity contribution in [1.82, 2.24) is 9.97 Å². The summed E-state index contributed by atoms with van der Waals surface area (Å²) in [5.74, 6) is 1.02. The van der Waals surface area contributed by atoms with Crippen LogP contribution in [0, 0.1) is 0 Å². The Morgan fingerprint density at radius 3 is 2.50 bits per heavy atom. The second-order valence-electron chi connectivity index (χ2n) is 7.04. The number of amides is 1. The van der Waals surface area contributed by atoms with E-state index in [9.17, 15) is 4.79 Å². The highest BCUT2D eigenvalue weighted by molar-refractivity contribution is 8.00. The van der Waals surface area contributed by atoms with E-state index in [1.807, 2.05) is 80.5 Å². The Hall–Kier alpha value is -3.32. The summed E-state index contributed by atoms with van der Waals surface area (Å²) in [6, 6.07) is 19.2. The van der Waals surface area contributed by atoms with Gasteiger partial charge in [0.15, 0.2) is 11.6 Å². The number of thioether (sulfide) groups is 1. The van der Waals surface area contributed by atoms with Gasteiger partial charge in [-0.1, -0.05) is 30.0 Å². The van der Waals surface area contributed by atoms with Crippen LogP contribution in [0.15, 0.2) is 76.4 Å². The summed E-state index contributed by atoms with van der Waals surface area (Å²) in [6.45, 7) is 1.87. The number of nitrogens with zero attached hydrogens (tertiary/aromatic N) is 3. The monoisotopic (exact) mass is 418 g/mol. The molecular formula is C23H22N4O2S. The van der Waals surface area contributed by atoms with Crippen molar-refractivity contribution in [3.8, 4) is 11.6 Å². The summed E-state index contributed by atoms with van der Waals surface area (Å²) >= 11 is 1.41. The van der Waals surface area contributed by atoms with Gasteiger partial charge in [-0.05, 0) is 49.4 Å². The van der Waals surface area contributed by atoms with E-state index in [1.54, 1.807) is 12.3 Å². The number of para-hydroxylation sites is 1. The first-order valence-electron chi connectivity index (χ1n) is 9.57. The molecule has 152 valence electrons. The SMILES string of the molecule is CC(Sc1nc(-c2ccco2)nc2ccccc12)C(=O)Nc1ccc(N(C)C)cc1. The number of carbonyl (C=O) groups excluding carboxylic acids is 1. The summed E-state index contributed by atoms with van der Waals surface area (Å²) in [4.78, 5) is 24.1. The molecule has 2 aromatic heterocycles. The van der Waals surface area contributed by atoms with Crippen molar-refractivity contribution < 1.29 is 9.21 Å². The molecule has 6 nitrogen and oxygen atoms in total. The molecule has 0 fully saturated rings. The van der Waals surface area contributed by atoms with Gasteiger partial charge >= 0.3 is 0 Å². The summed E-state index contributed by atoms with van der Waals surface area (Å²) in [7, 11) is 3.96. The van der Waals surface area contributed by atoms with E-state index in [2.05, 4.69) is 15.3 Å².